The minimum absolute atomic E-state index is 0.0797. The molecule has 2 aromatic carbocycles. The molecule has 8 heteroatoms. The smallest absolute Gasteiger partial charge is 0.338 e. The highest BCUT2D eigenvalue weighted by molar-refractivity contribution is 7.89. The highest BCUT2D eigenvalue weighted by atomic mass is 32.2. The van der Waals surface area contributed by atoms with Gasteiger partial charge in [-0.15, -0.1) is 11.3 Å². The molecule has 0 N–H and O–H groups in total. The van der Waals surface area contributed by atoms with Crippen molar-refractivity contribution in [2.75, 3.05) is 13.1 Å². The molecule has 0 aliphatic heterocycles. The number of carbonyl (C=O) groups excluding carboxylic acids is 1. The van der Waals surface area contributed by atoms with Crippen molar-refractivity contribution in [2.24, 2.45) is 0 Å². The second kappa shape index (κ2) is 9.30. The topological polar surface area (TPSA) is 76.6 Å². The van der Waals surface area contributed by atoms with Crippen LogP contribution in [0, 0.1) is 0 Å². The molecule has 0 saturated heterocycles. The molecule has 0 unspecified atom stereocenters. The molecular formula is C21H22N2O4S2. The lowest BCUT2D eigenvalue weighted by Crippen LogP contribution is -2.30. The average Bonchev–Trinajstić information content (AvgIpc) is 3.22. The fourth-order valence-electron chi connectivity index (χ4n) is 2.80. The first-order valence-electron chi connectivity index (χ1n) is 9.23. The van der Waals surface area contributed by atoms with Crippen molar-refractivity contribution in [1.29, 1.82) is 0 Å². The van der Waals surface area contributed by atoms with Crippen LogP contribution in [0.15, 0.2) is 65.7 Å². The minimum Gasteiger partial charge on any atom is -0.456 e. The number of ether oxygens (including phenoxy) is 1. The number of esters is 1. The number of sulfonamides is 1. The Morgan fingerprint density at radius 2 is 1.79 bits per heavy atom. The van der Waals surface area contributed by atoms with Crippen LogP contribution in [-0.2, 0) is 21.4 Å². The summed E-state index contributed by atoms with van der Waals surface area (Å²) in [4.78, 5) is 17.7. The van der Waals surface area contributed by atoms with Gasteiger partial charge in [-0.3, -0.25) is 0 Å². The van der Waals surface area contributed by atoms with E-state index in [1.165, 1.54) is 27.8 Å². The van der Waals surface area contributed by atoms with E-state index in [1.807, 2.05) is 30.3 Å². The van der Waals surface area contributed by atoms with Crippen molar-refractivity contribution in [3.8, 4) is 10.6 Å². The zero-order valence-corrected chi connectivity index (χ0v) is 17.9. The Balaban J connectivity index is 1.70. The fraction of sp³-hybridized carbons (Fsp3) is 0.238. The van der Waals surface area contributed by atoms with Crippen molar-refractivity contribution in [1.82, 2.24) is 9.29 Å². The molecule has 0 bridgehead atoms. The summed E-state index contributed by atoms with van der Waals surface area (Å²) in [6, 6.07) is 15.7. The molecular weight excluding hydrogens is 408 g/mol. The molecule has 0 amide bonds. The average molecular weight is 431 g/mol. The number of thiazole rings is 1. The minimum atomic E-state index is -3.63. The van der Waals surface area contributed by atoms with Crippen LogP contribution in [0.2, 0.25) is 0 Å². The van der Waals surface area contributed by atoms with E-state index in [9.17, 15) is 13.2 Å². The normalized spacial score (nSPS) is 11.6. The van der Waals surface area contributed by atoms with Crippen molar-refractivity contribution < 1.29 is 17.9 Å². The summed E-state index contributed by atoms with van der Waals surface area (Å²) >= 11 is 1.45. The second-order valence-corrected chi connectivity index (χ2v) is 9.24. The molecule has 1 heterocycles. The first-order chi connectivity index (χ1) is 14.0. The number of nitrogens with zero attached hydrogens (tertiary/aromatic N) is 2. The third-order valence-corrected chi connectivity index (χ3v) is 7.40. The SMILES string of the molecule is CCN(CC)S(=O)(=O)c1cccc(C(=O)OCc2cnc(-c3ccccc3)s2)c1. The predicted octanol–water partition coefficient (Wildman–Crippen LogP) is 4.20. The summed E-state index contributed by atoms with van der Waals surface area (Å²) < 4.78 is 32.0. The van der Waals surface area contributed by atoms with E-state index in [0.29, 0.717) is 13.1 Å². The summed E-state index contributed by atoms with van der Waals surface area (Å²) in [7, 11) is -3.63. The molecule has 0 fully saturated rings. The van der Waals surface area contributed by atoms with E-state index < -0.39 is 16.0 Å². The molecule has 0 saturated carbocycles. The third kappa shape index (κ3) is 4.90. The maximum Gasteiger partial charge on any atom is 0.338 e. The Labute approximate surface area is 174 Å². The van der Waals surface area contributed by atoms with Crippen molar-refractivity contribution in [3.63, 3.8) is 0 Å². The van der Waals surface area contributed by atoms with Gasteiger partial charge in [0.15, 0.2) is 0 Å². The van der Waals surface area contributed by atoms with Crippen LogP contribution in [-0.4, -0.2) is 36.8 Å². The maximum atomic E-state index is 12.7. The second-order valence-electron chi connectivity index (χ2n) is 6.19. The number of rotatable bonds is 8. The van der Waals surface area contributed by atoms with Crippen LogP contribution in [0.1, 0.15) is 29.1 Å². The van der Waals surface area contributed by atoms with Crippen LogP contribution < -0.4 is 0 Å². The van der Waals surface area contributed by atoms with Crippen LogP contribution >= 0.6 is 11.3 Å². The standard InChI is InChI=1S/C21H22N2O4S2/c1-3-23(4-2)29(25,26)19-12-8-11-17(13-19)21(24)27-15-18-14-22-20(28-18)16-9-6-5-7-10-16/h5-14H,3-4,15H2,1-2H3. The Hall–Kier alpha value is -2.55. The fourth-order valence-corrected chi connectivity index (χ4v) is 5.14. The van der Waals surface area contributed by atoms with Gasteiger partial charge in [0, 0.05) is 24.8 Å². The highest BCUT2D eigenvalue weighted by Crippen LogP contribution is 2.25. The zero-order chi connectivity index (χ0) is 20.9. The Kier molecular flexibility index (Phi) is 6.79. The molecule has 3 rings (SSSR count). The number of aromatic nitrogens is 1. The summed E-state index contributed by atoms with van der Waals surface area (Å²) in [6.45, 7) is 4.36. The lowest BCUT2D eigenvalue weighted by Gasteiger charge is -2.18. The van der Waals surface area contributed by atoms with Crippen molar-refractivity contribution in [2.45, 2.75) is 25.3 Å². The van der Waals surface area contributed by atoms with Crippen LogP contribution in [0.3, 0.4) is 0 Å². The molecule has 29 heavy (non-hydrogen) atoms. The van der Waals surface area contributed by atoms with Crippen LogP contribution in [0.4, 0.5) is 0 Å². The van der Waals surface area contributed by atoms with E-state index >= 15 is 0 Å². The van der Waals surface area contributed by atoms with Gasteiger partial charge in [-0.05, 0) is 18.2 Å². The Bertz CT molecular complexity index is 1070. The quantitative estimate of drug-likeness (QED) is 0.501. The van der Waals surface area contributed by atoms with E-state index in [-0.39, 0.29) is 17.1 Å². The Morgan fingerprint density at radius 3 is 2.48 bits per heavy atom. The van der Waals surface area contributed by atoms with Gasteiger partial charge in [0.25, 0.3) is 0 Å². The van der Waals surface area contributed by atoms with Gasteiger partial charge in [-0.25, -0.2) is 18.2 Å². The molecule has 3 aromatic rings. The molecule has 1 aromatic heterocycles. The summed E-state index contributed by atoms with van der Waals surface area (Å²) in [5, 5.41) is 0.851. The van der Waals surface area contributed by atoms with Gasteiger partial charge in [-0.1, -0.05) is 50.2 Å². The van der Waals surface area contributed by atoms with Crippen molar-refractivity contribution in [3.05, 3.63) is 71.2 Å². The third-order valence-electron chi connectivity index (χ3n) is 4.33. The van der Waals surface area contributed by atoms with E-state index in [4.69, 9.17) is 4.74 Å². The van der Waals surface area contributed by atoms with E-state index in [1.54, 1.807) is 32.2 Å². The first kappa shape index (κ1) is 21.2. The molecule has 0 aliphatic carbocycles. The zero-order valence-electron chi connectivity index (χ0n) is 16.2. The van der Waals surface area contributed by atoms with E-state index in [0.717, 1.165) is 15.4 Å². The molecule has 0 atom stereocenters. The van der Waals surface area contributed by atoms with Gasteiger partial charge in [-0.2, -0.15) is 4.31 Å². The van der Waals surface area contributed by atoms with Crippen LogP contribution in [0.25, 0.3) is 10.6 Å². The summed E-state index contributed by atoms with van der Waals surface area (Å²) in [6.07, 6.45) is 1.68. The van der Waals surface area contributed by atoms with Gasteiger partial charge >= 0.3 is 5.97 Å². The largest absolute Gasteiger partial charge is 0.456 e. The van der Waals surface area contributed by atoms with Gasteiger partial charge in [0.2, 0.25) is 10.0 Å². The molecule has 0 spiro atoms. The number of benzene rings is 2. The van der Waals surface area contributed by atoms with Gasteiger partial charge in [0.05, 0.1) is 15.3 Å². The first-order valence-corrected chi connectivity index (χ1v) is 11.5. The van der Waals surface area contributed by atoms with Crippen LogP contribution in [0.5, 0.6) is 0 Å². The monoisotopic (exact) mass is 430 g/mol. The molecule has 152 valence electrons. The van der Waals surface area contributed by atoms with Gasteiger partial charge in [0.1, 0.15) is 11.6 Å². The van der Waals surface area contributed by atoms with Crippen molar-refractivity contribution >= 4 is 27.3 Å². The maximum absolute atomic E-state index is 12.7. The van der Waals surface area contributed by atoms with Gasteiger partial charge < -0.3 is 4.74 Å². The number of hydrogen-bond acceptors (Lipinski definition) is 6. The Morgan fingerprint density at radius 1 is 1.07 bits per heavy atom. The number of hydrogen-bond donors (Lipinski definition) is 0. The molecule has 0 aliphatic rings. The molecule has 6 nitrogen and oxygen atoms in total. The summed E-state index contributed by atoms with van der Waals surface area (Å²) in [5.74, 6) is -0.573. The highest BCUT2D eigenvalue weighted by Gasteiger charge is 2.22. The number of carbonyl (C=O) groups is 1. The lowest BCUT2D eigenvalue weighted by atomic mass is 10.2. The summed E-state index contributed by atoms with van der Waals surface area (Å²) in [5.41, 5.74) is 1.20. The van der Waals surface area contributed by atoms with E-state index in [2.05, 4.69) is 4.98 Å². The lowest BCUT2D eigenvalue weighted by molar-refractivity contribution is 0.0476. The predicted molar refractivity (Wildman–Crippen MR) is 113 cm³/mol. The molecule has 0 radical (unpaired) electrons.